The minimum absolute atomic E-state index is 0.274. The van der Waals surface area contributed by atoms with Crippen molar-refractivity contribution in [3.05, 3.63) is 99.3 Å². The number of carbonyl (C=O) groups is 3. The van der Waals surface area contributed by atoms with Gasteiger partial charge in [0.25, 0.3) is 17.7 Å². The molecule has 3 heterocycles. The summed E-state index contributed by atoms with van der Waals surface area (Å²) >= 11 is 12.2. The van der Waals surface area contributed by atoms with Crippen LogP contribution >= 0.6 is 23.2 Å². The van der Waals surface area contributed by atoms with Crippen LogP contribution in [0.5, 0.6) is 0 Å². The number of nitrogens with one attached hydrogen (secondary N) is 1. The topological polar surface area (TPSA) is 97.2 Å². The summed E-state index contributed by atoms with van der Waals surface area (Å²) in [5, 5.41) is 7.79. The Morgan fingerprint density at radius 3 is 2.21 bits per heavy atom. The molecule has 10 heteroatoms. The third kappa shape index (κ3) is 3.72. The lowest BCUT2D eigenvalue weighted by Crippen LogP contribution is -2.29. The normalized spacial score (nSPS) is 12.7. The first-order chi connectivity index (χ1) is 16.3. The van der Waals surface area contributed by atoms with E-state index in [2.05, 4.69) is 15.4 Å². The fourth-order valence-corrected chi connectivity index (χ4v) is 4.15. The predicted octanol–water partition coefficient (Wildman–Crippen LogP) is 4.94. The molecule has 1 aliphatic rings. The molecule has 1 N–H and O–H groups in total. The Balaban J connectivity index is 1.39. The van der Waals surface area contributed by atoms with E-state index in [0.717, 1.165) is 4.90 Å². The number of rotatable bonds is 4. The molecular weight excluding hydrogens is 477 g/mol. The lowest BCUT2D eigenvalue weighted by molar-refractivity contribution is 0.0925. The SMILES string of the molecule is Cc1cc(NC(=O)c2ccc(N3C(=O)c4ccccc4C3=O)cc2)n(-c2ncc(Cl)cc2Cl)n1. The molecule has 5 rings (SSSR count). The van der Waals surface area contributed by atoms with E-state index in [1.54, 1.807) is 49.4 Å². The third-order valence-electron chi connectivity index (χ3n) is 5.24. The van der Waals surface area contributed by atoms with Gasteiger partial charge < -0.3 is 5.32 Å². The quantitative estimate of drug-likeness (QED) is 0.408. The molecule has 2 aromatic carbocycles. The molecule has 0 radical (unpaired) electrons. The first-order valence-electron chi connectivity index (χ1n) is 10.1. The van der Waals surface area contributed by atoms with Crippen molar-refractivity contribution >= 4 is 52.4 Å². The zero-order valence-electron chi connectivity index (χ0n) is 17.6. The molecule has 1 aliphatic heterocycles. The third-order valence-corrected chi connectivity index (χ3v) is 5.73. The monoisotopic (exact) mass is 491 g/mol. The van der Waals surface area contributed by atoms with Gasteiger partial charge in [0.05, 0.1) is 32.6 Å². The second-order valence-electron chi connectivity index (χ2n) is 7.53. The van der Waals surface area contributed by atoms with Gasteiger partial charge in [0, 0.05) is 17.8 Å². The van der Waals surface area contributed by atoms with Crippen molar-refractivity contribution in [2.24, 2.45) is 0 Å². The zero-order valence-corrected chi connectivity index (χ0v) is 19.1. The maximum Gasteiger partial charge on any atom is 0.266 e. The van der Waals surface area contributed by atoms with Crippen molar-refractivity contribution in [2.45, 2.75) is 6.92 Å². The van der Waals surface area contributed by atoms with Gasteiger partial charge >= 0.3 is 0 Å². The van der Waals surface area contributed by atoms with Crippen molar-refractivity contribution in [3.8, 4) is 5.82 Å². The Hall–Kier alpha value is -4.01. The number of halogens is 2. The molecule has 8 nitrogen and oxygen atoms in total. The number of hydrogen-bond donors (Lipinski definition) is 1. The molecule has 0 spiro atoms. The molecule has 0 unspecified atom stereocenters. The number of pyridine rings is 1. The van der Waals surface area contributed by atoms with Gasteiger partial charge in [-0.25, -0.2) is 9.88 Å². The molecule has 34 heavy (non-hydrogen) atoms. The second kappa shape index (κ2) is 8.40. The maximum atomic E-state index is 12.9. The number of imide groups is 1. The van der Waals surface area contributed by atoms with E-state index in [0.29, 0.717) is 44.7 Å². The molecule has 0 saturated heterocycles. The number of benzene rings is 2. The Morgan fingerprint density at radius 1 is 0.941 bits per heavy atom. The minimum Gasteiger partial charge on any atom is -0.306 e. The number of hydrogen-bond acceptors (Lipinski definition) is 5. The Bertz CT molecular complexity index is 1450. The fraction of sp³-hybridized carbons (Fsp3) is 0.0417. The van der Waals surface area contributed by atoms with Gasteiger partial charge in [-0.1, -0.05) is 35.3 Å². The summed E-state index contributed by atoms with van der Waals surface area (Å²) < 4.78 is 1.42. The van der Waals surface area contributed by atoms with Crippen LogP contribution in [-0.4, -0.2) is 32.5 Å². The largest absolute Gasteiger partial charge is 0.306 e. The predicted molar refractivity (Wildman–Crippen MR) is 128 cm³/mol. The summed E-state index contributed by atoms with van der Waals surface area (Å²) in [5.41, 5.74) is 2.05. The van der Waals surface area contributed by atoms with E-state index in [9.17, 15) is 14.4 Å². The van der Waals surface area contributed by atoms with Gasteiger partial charge in [-0.2, -0.15) is 9.78 Å². The molecule has 3 amide bonds. The molecule has 168 valence electrons. The van der Waals surface area contributed by atoms with Gasteiger partial charge in [-0.3, -0.25) is 14.4 Å². The smallest absolute Gasteiger partial charge is 0.266 e. The summed E-state index contributed by atoms with van der Waals surface area (Å²) in [4.78, 5) is 43.6. The van der Waals surface area contributed by atoms with E-state index in [4.69, 9.17) is 23.2 Å². The van der Waals surface area contributed by atoms with Gasteiger partial charge in [0.2, 0.25) is 0 Å². The molecule has 0 atom stereocenters. The number of carbonyl (C=O) groups excluding carboxylic acids is 3. The minimum atomic E-state index is -0.417. The highest BCUT2D eigenvalue weighted by molar-refractivity contribution is 6.35. The molecule has 4 aromatic rings. The van der Waals surface area contributed by atoms with Crippen LogP contribution in [0, 0.1) is 6.92 Å². The number of nitrogens with zero attached hydrogens (tertiary/aromatic N) is 4. The molecule has 0 fully saturated rings. The number of fused-ring (bicyclic) bond motifs is 1. The average molecular weight is 492 g/mol. The fourth-order valence-electron chi connectivity index (χ4n) is 3.69. The van der Waals surface area contributed by atoms with Crippen LogP contribution in [0.1, 0.15) is 36.8 Å². The van der Waals surface area contributed by atoms with Crippen LogP contribution in [0.25, 0.3) is 5.82 Å². The van der Waals surface area contributed by atoms with E-state index in [-0.39, 0.29) is 5.02 Å². The van der Waals surface area contributed by atoms with Crippen LogP contribution in [-0.2, 0) is 0 Å². The van der Waals surface area contributed by atoms with E-state index >= 15 is 0 Å². The van der Waals surface area contributed by atoms with Crippen molar-refractivity contribution in [1.82, 2.24) is 14.8 Å². The zero-order chi connectivity index (χ0) is 24.0. The number of anilines is 2. The summed E-state index contributed by atoms with van der Waals surface area (Å²) in [6.07, 6.45) is 1.43. The van der Waals surface area contributed by atoms with E-state index in [1.807, 2.05) is 0 Å². The first kappa shape index (κ1) is 21.8. The average Bonchev–Trinajstić information content (AvgIpc) is 3.30. The highest BCUT2D eigenvalue weighted by Crippen LogP contribution is 2.29. The Morgan fingerprint density at radius 2 is 1.59 bits per heavy atom. The number of amides is 3. The van der Waals surface area contributed by atoms with Crippen molar-refractivity contribution in [2.75, 3.05) is 10.2 Å². The maximum absolute atomic E-state index is 12.9. The Kier molecular flexibility index (Phi) is 5.39. The van der Waals surface area contributed by atoms with Crippen molar-refractivity contribution in [1.29, 1.82) is 0 Å². The number of aromatic nitrogens is 3. The van der Waals surface area contributed by atoms with Crippen LogP contribution in [0.3, 0.4) is 0 Å². The lowest BCUT2D eigenvalue weighted by atomic mass is 10.1. The summed E-state index contributed by atoms with van der Waals surface area (Å²) in [5.74, 6) is -0.534. The van der Waals surface area contributed by atoms with Gasteiger partial charge in [0.15, 0.2) is 5.82 Å². The van der Waals surface area contributed by atoms with Gasteiger partial charge in [-0.05, 0) is 49.4 Å². The number of aryl methyl sites for hydroxylation is 1. The van der Waals surface area contributed by atoms with Crippen LogP contribution in [0.2, 0.25) is 10.0 Å². The molecule has 2 aromatic heterocycles. The van der Waals surface area contributed by atoms with Crippen molar-refractivity contribution in [3.63, 3.8) is 0 Å². The van der Waals surface area contributed by atoms with Crippen LogP contribution in [0.15, 0.2) is 66.9 Å². The molecule has 0 aliphatic carbocycles. The molecular formula is C24H15Cl2N5O3. The van der Waals surface area contributed by atoms with E-state index < -0.39 is 17.7 Å². The van der Waals surface area contributed by atoms with Crippen LogP contribution in [0.4, 0.5) is 11.5 Å². The highest BCUT2D eigenvalue weighted by Gasteiger charge is 2.36. The van der Waals surface area contributed by atoms with E-state index in [1.165, 1.54) is 29.1 Å². The van der Waals surface area contributed by atoms with Crippen molar-refractivity contribution < 1.29 is 14.4 Å². The van der Waals surface area contributed by atoms with Gasteiger partial charge in [-0.15, -0.1) is 0 Å². The van der Waals surface area contributed by atoms with Crippen LogP contribution < -0.4 is 10.2 Å². The summed E-state index contributed by atoms with van der Waals surface area (Å²) in [7, 11) is 0. The second-order valence-corrected chi connectivity index (χ2v) is 8.38. The van der Waals surface area contributed by atoms with Gasteiger partial charge in [0.1, 0.15) is 5.82 Å². The Labute approximate surface area is 203 Å². The summed E-state index contributed by atoms with van der Waals surface area (Å²) in [6, 6.07) is 16.0. The standard InChI is InChI=1S/C24H15Cl2N5O3/c1-13-10-20(31(29-13)21-19(26)11-15(25)12-27-21)28-22(32)14-6-8-16(9-7-14)30-23(33)17-4-2-3-5-18(17)24(30)34/h2-12H,1H3,(H,28,32). The molecule has 0 saturated carbocycles. The first-order valence-corrected chi connectivity index (χ1v) is 10.9. The highest BCUT2D eigenvalue weighted by atomic mass is 35.5. The lowest BCUT2D eigenvalue weighted by Gasteiger charge is -2.14. The summed E-state index contributed by atoms with van der Waals surface area (Å²) in [6.45, 7) is 1.77. The molecule has 0 bridgehead atoms.